The summed E-state index contributed by atoms with van der Waals surface area (Å²) in [4.78, 5) is 26.2. The number of carbonyl (C=O) groups excluding carboxylic acids is 1. The van der Waals surface area contributed by atoms with Gasteiger partial charge in [0, 0.05) is 31.2 Å². The first kappa shape index (κ1) is 18.8. The molecule has 2 aromatic rings. The summed E-state index contributed by atoms with van der Waals surface area (Å²) in [7, 11) is 0. The van der Waals surface area contributed by atoms with E-state index in [0.29, 0.717) is 19.8 Å². The molecular weight excluding hydrogens is 348 g/mol. The Morgan fingerprint density at radius 1 is 1.37 bits per heavy atom. The minimum atomic E-state index is -0.759. The SMILES string of the molecule is Cc1ccccc1C1(CNc2ncc([N+](=O)[O-])cc2C(N)=O)CCOCC1. The highest BCUT2D eigenvalue weighted by atomic mass is 16.6. The van der Waals surface area contributed by atoms with Gasteiger partial charge >= 0.3 is 0 Å². The van der Waals surface area contributed by atoms with Gasteiger partial charge in [-0.15, -0.1) is 0 Å². The molecule has 1 aliphatic heterocycles. The quantitative estimate of drug-likeness (QED) is 0.595. The number of nitrogens with zero attached hydrogens (tertiary/aromatic N) is 2. The third-order valence-electron chi connectivity index (χ3n) is 5.11. The Balaban J connectivity index is 1.92. The second-order valence-electron chi connectivity index (χ2n) is 6.77. The first-order valence-electron chi connectivity index (χ1n) is 8.75. The number of nitrogens with one attached hydrogen (secondary N) is 1. The van der Waals surface area contributed by atoms with E-state index in [1.165, 1.54) is 11.1 Å². The van der Waals surface area contributed by atoms with Gasteiger partial charge in [0.2, 0.25) is 0 Å². The molecule has 0 bridgehead atoms. The molecule has 8 nitrogen and oxygen atoms in total. The zero-order valence-corrected chi connectivity index (χ0v) is 15.1. The van der Waals surface area contributed by atoms with Gasteiger partial charge in [-0.25, -0.2) is 4.98 Å². The first-order chi connectivity index (χ1) is 12.9. The Labute approximate surface area is 156 Å². The number of aromatic nitrogens is 1. The Morgan fingerprint density at radius 3 is 2.70 bits per heavy atom. The summed E-state index contributed by atoms with van der Waals surface area (Å²) in [5.74, 6) is -0.502. The molecule has 2 heterocycles. The smallest absolute Gasteiger partial charge is 0.288 e. The van der Waals surface area contributed by atoms with E-state index in [9.17, 15) is 14.9 Å². The van der Waals surface area contributed by atoms with Gasteiger partial charge in [0.05, 0.1) is 10.5 Å². The van der Waals surface area contributed by atoms with Gasteiger partial charge in [0.15, 0.2) is 0 Å². The van der Waals surface area contributed by atoms with Crippen molar-refractivity contribution in [2.45, 2.75) is 25.2 Å². The summed E-state index contributed by atoms with van der Waals surface area (Å²) in [5, 5.41) is 14.2. The highest BCUT2D eigenvalue weighted by molar-refractivity contribution is 5.98. The maximum absolute atomic E-state index is 11.8. The third-order valence-corrected chi connectivity index (χ3v) is 5.11. The molecular formula is C19H22N4O4. The predicted molar refractivity (Wildman–Crippen MR) is 101 cm³/mol. The summed E-state index contributed by atoms with van der Waals surface area (Å²) in [6.45, 7) is 3.89. The molecule has 0 saturated carbocycles. The minimum absolute atomic E-state index is 0.0104. The topological polar surface area (TPSA) is 120 Å². The highest BCUT2D eigenvalue weighted by Gasteiger charge is 2.35. The molecule has 1 aliphatic rings. The lowest BCUT2D eigenvalue weighted by Gasteiger charge is -2.39. The van der Waals surface area contributed by atoms with E-state index >= 15 is 0 Å². The van der Waals surface area contributed by atoms with Crippen LogP contribution in [0.5, 0.6) is 0 Å². The number of ether oxygens (including phenoxy) is 1. The molecule has 1 amide bonds. The van der Waals surface area contributed by atoms with Gasteiger partial charge in [-0.1, -0.05) is 24.3 Å². The molecule has 1 fully saturated rings. The van der Waals surface area contributed by atoms with Crippen LogP contribution in [0, 0.1) is 17.0 Å². The molecule has 0 radical (unpaired) electrons. The average Bonchev–Trinajstić information content (AvgIpc) is 2.67. The molecule has 1 aromatic heterocycles. The van der Waals surface area contributed by atoms with Crippen molar-refractivity contribution >= 4 is 17.4 Å². The summed E-state index contributed by atoms with van der Waals surface area (Å²) < 4.78 is 5.55. The van der Waals surface area contributed by atoms with E-state index in [-0.39, 0.29) is 22.5 Å². The number of benzene rings is 1. The van der Waals surface area contributed by atoms with Gasteiger partial charge in [-0.05, 0) is 30.9 Å². The number of pyridine rings is 1. The number of carbonyl (C=O) groups is 1. The number of hydrogen-bond donors (Lipinski definition) is 2. The Morgan fingerprint density at radius 2 is 2.07 bits per heavy atom. The monoisotopic (exact) mass is 370 g/mol. The van der Waals surface area contributed by atoms with Crippen LogP contribution in [0.2, 0.25) is 0 Å². The standard InChI is InChI=1S/C19H22N4O4/c1-13-4-2-3-5-16(13)19(6-8-27-9-7-19)12-22-18-15(17(20)24)10-14(11-21-18)23(25)26/h2-5,10-11H,6-9,12H2,1H3,(H2,20,24)(H,21,22). The summed E-state index contributed by atoms with van der Waals surface area (Å²) >= 11 is 0. The van der Waals surface area contributed by atoms with Gasteiger partial charge in [-0.2, -0.15) is 0 Å². The van der Waals surface area contributed by atoms with Crippen molar-refractivity contribution < 1.29 is 14.5 Å². The first-order valence-corrected chi connectivity index (χ1v) is 8.75. The lowest BCUT2D eigenvalue weighted by atomic mass is 9.72. The lowest BCUT2D eigenvalue weighted by molar-refractivity contribution is -0.385. The molecule has 1 aromatic carbocycles. The third kappa shape index (κ3) is 3.90. The molecule has 3 N–H and O–H groups in total. The molecule has 27 heavy (non-hydrogen) atoms. The van der Waals surface area contributed by atoms with Crippen LogP contribution in [-0.2, 0) is 10.2 Å². The van der Waals surface area contributed by atoms with E-state index in [4.69, 9.17) is 10.5 Å². The predicted octanol–water partition coefficient (Wildman–Crippen LogP) is 2.56. The number of hydrogen-bond acceptors (Lipinski definition) is 6. The van der Waals surface area contributed by atoms with Crippen molar-refractivity contribution in [1.82, 2.24) is 4.98 Å². The molecule has 8 heteroatoms. The Kier molecular flexibility index (Phi) is 5.36. The van der Waals surface area contributed by atoms with Crippen LogP contribution in [0.1, 0.15) is 34.3 Å². The fourth-order valence-electron chi connectivity index (χ4n) is 3.61. The van der Waals surface area contributed by atoms with Crippen LogP contribution >= 0.6 is 0 Å². The van der Waals surface area contributed by atoms with Crippen LogP contribution in [0.3, 0.4) is 0 Å². The van der Waals surface area contributed by atoms with E-state index < -0.39 is 10.8 Å². The normalized spacial score (nSPS) is 15.9. The lowest BCUT2D eigenvalue weighted by Crippen LogP contribution is -2.41. The number of primary amides is 1. The van der Waals surface area contributed by atoms with Crippen molar-refractivity contribution in [3.63, 3.8) is 0 Å². The van der Waals surface area contributed by atoms with Gasteiger partial charge < -0.3 is 15.8 Å². The number of rotatable bonds is 6. The molecule has 0 unspecified atom stereocenters. The zero-order valence-electron chi connectivity index (χ0n) is 15.1. The van der Waals surface area contributed by atoms with Crippen molar-refractivity contribution in [2.24, 2.45) is 5.73 Å². The minimum Gasteiger partial charge on any atom is -0.381 e. The Hall–Kier alpha value is -3.00. The second-order valence-corrected chi connectivity index (χ2v) is 6.77. The maximum atomic E-state index is 11.8. The number of nitrogens with two attached hydrogens (primary N) is 1. The average molecular weight is 370 g/mol. The van der Waals surface area contributed by atoms with Crippen LogP contribution in [0.4, 0.5) is 11.5 Å². The molecule has 142 valence electrons. The summed E-state index contributed by atoms with van der Waals surface area (Å²) in [6, 6.07) is 9.36. The number of aryl methyl sites for hydroxylation is 1. The molecule has 0 atom stereocenters. The van der Waals surface area contributed by atoms with Crippen LogP contribution in [0.15, 0.2) is 36.5 Å². The van der Waals surface area contributed by atoms with Gasteiger partial charge in [-0.3, -0.25) is 14.9 Å². The van der Waals surface area contributed by atoms with E-state index in [1.54, 1.807) is 0 Å². The largest absolute Gasteiger partial charge is 0.381 e. The van der Waals surface area contributed by atoms with Crippen molar-refractivity contribution in [2.75, 3.05) is 25.1 Å². The highest BCUT2D eigenvalue weighted by Crippen LogP contribution is 2.37. The number of amides is 1. The van der Waals surface area contributed by atoms with E-state index in [2.05, 4.69) is 29.4 Å². The van der Waals surface area contributed by atoms with Crippen LogP contribution in [-0.4, -0.2) is 35.6 Å². The summed E-state index contributed by atoms with van der Waals surface area (Å²) in [5.41, 5.74) is 7.37. The van der Waals surface area contributed by atoms with Crippen LogP contribution in [0.25, 0.3) is 0 Å². The van der Waals surface area contributed by atoms with E-state index in [1.807, 2.05) is 12.1 Å². The molecule has 0 aliphatic carbocycles. The van der Waals surface area contributed by atoms with E-state index in [0.717, 1.165) is 25.1 Å². The summed E-state index contributed by atoms with van der Waals surface area (Å²) in [6.07, 6.45) is 2.77. The van der Waals surface area contributed by atoms with Gasteiger partial charge in [0.1, 0.15) is 12.0 Å². The number of anilines is 1. The zero-order chi connectivity index (χ0) is 19.4. The fraction of sp³-hybridized carbons (Fsp3) is 0.368. The second kappa shape index (κ2) is 7.71. The maximum Gasteiger partial charge on any atom is 0.288 e. The van der Waals surface area contributed by atoms with Crippen LogP contribution < -0.4 is 11.1 Å². The number of nitro groups is 1. The molecule has 3 rings (SSSR count). The van der Waals surface area contributed by atoms with Crippen molar-refractivity contribution in [3.05, 3.63) is 63.3 Å². The Bertz CT molecular complexity index is 863. The van der Waals surface area contributed by atoms with Gasteiger partial charge in [0.25, 0.3) is 11.6 Å². The van der Waals surface area contributed by atoms with Crippen molar-refractivity contribution in [3.8, 4) is 0 Å². The molecule has 0 spiro atoms. The van der Waals surface area contributed by atoms with Crippen molar-refractivity contribution in [1.29, 1.82) is 0 Å². The molecule has 1 saturated heterocycles. The fourth-order valence-corrected chi connectivity index (χ4v) is 3.61.